The second-order valence-electron chi connectivity index (χ2n) is 6.93. The van der Waals surface area contributed by atoms with Crippen molar-refractivity contribution in [2.45, 2.75) is 57.9 Å². The van der Waals surface area contributed by atoms with Crippen molar-refractivity contribution in [1.29, 1.82) is 0 Å². The Hall–Kier alpha value is -1.02. The highest BCUT2D eigenvalue weighted by molar-refractivity contribution is 5.47. The molecule has 0 saturated heterocycles. The number of benzene rings is 1. The van der Waals surface area contributed by atoms with Crippen LogP contribution in [0.5, 0.6) is 0 Å². The number of nitrogen functional groups attached to an aromatic ring is 1. The SMILES string of the molecule is CC1CCCC(CCNC2CCc3cc(N)ccc32)C1. The third-order valence-corrected chi connectivity index (χ3v) is 5.23. The summed E-state index contributed by atoms with van der Waals surface area (Å²) >= 11 is 0. The van der Waals surface area contributed by atoms with Crippen molar-refractivity contribution in [2.24, 2.45) is 11.8 Å². The van der Waals surface area contributed by atoms with Gasteiger partial charge in [-0.2, -0.15) is 0 Å². The van der Waals surface area contributed by atoms with E-state index in [1.807, 2.05) is 6.07 Å². The van der Waals surface area contributed by atoms with Gasteiger partial charge in [-0.05, 0) is 67.3 Å². The molecule has 3 unspecified atom stereocenters. The number of hydrogen-bond donors (Lipinski definition) is 2. The normalized spacial score (nSPS) is 29.4. The zero-order chi connectivity index (χ0) is 13.9. The fourth-order valence-electron chi connectivity index (χ4n) is 4.13. The Balaban J connectivity index is 1.48. The third kappa shape index (κ3) is 3.17. The number of rotatable bonds is 4. The van der Waals surface area contributed by atoms with Gasteiger partial charge in [-0.15, -0.1) is 0 Å². The molecule has 0 amide bonds. The largest absolute Gasteiger partial charge is 0.399 e. The molecule has 0 radical (unpaired) electrons. The van der Waals surface area contributed by atoms with Crippen molar-refractivity contribution in [3.05, 3.63) is 29.3 Å². The lowest BCUT2D eigenvalue weighted by Gasteiger charge is -2.27. The molecular weight excluding hydrogens is 244 g/mol. The summed E-state index contributed by atoms with van der Waals surface area (Å²) in [5.74, 6) is 1.91. The quantitative estimate of drug-likeness (QED) is 0.811. The molecule has 0 heterocycles. The van der Waals surface area contributed by atoms with Crippen LogP contribution in [0.1, 0.15) is 62.6 Å². The molecule has 0 bridgehead atoms. The van der Waals surface area contributed by atoms with Crippen LogP contribution in [0.25, 0.3) is 0 Å². The van der Waals surface area contributed by atoms with Gasteiger partial charge in [0.25, 0.3) is 0 Å². The zero-order valence-corrected chi connectivity index (χ0v) is 12.7. The van der Waals surface area contributed by atoms with E-state index in [1.54, 1.807) is 0 Å². The molecule has 3 N–H and O–H groups in total. The molecule has 1 saturated carbocycles. The van der Waals surface area contributed by atoms with Crippen LogP contribution < -0.4 is 11.1 Å². The summed E-state index contributed by atoms with van der Waals surface area (Å²) in [5, 5.41) is 3.78. The molecule has 110 valence electrons. The van der Waals surface area contributed by atoms with E-state index in [-0.39, 0.29) is 0 Å². The van der Waals surface area contributed by atoms with Crippen LogP contribution in [0.3, 0.4) is 0 Å². The number of nitrogens with two attached hydrogens (primary N) is 1. The maximum absolute atomic E-state index is 5.87. The minimum atomic E-state index is 0.562. The first-order valence-corrected chi connectivity index (χ1v) is 8.34. The molecule has 2 nitrogen and oxygen atoms in total. The van der Waals surface area contributed by atoms with Crippen molar-refractivity contribution in [1.82, 2.24) is 5.32 Å². The first-order valence-electron chi connectivity index (χ1n) is 8.34. The topological polar surface area (TPSA) is 38.0 Å². The second-order valence-corrected chi connectivity index (χ2v) is 6.93. The van der Waals surface area contributed by atoms with Gasteiger partial charge in [-0.3, -0.25) is 0 Å². The van der Waals surface area contributed by atoms with Gasteiger partial charge < -0.3 is 11.1 Å². The second kappa shape index (κ2) is 6.17. The monoisotopic (exact) mass is 272 g/mol. The number of hydrogen-bond acceptors (Lipinski definition) is 2. The van der Waals surface area contributed by atoms with E-state index in [9.17, 15) is 0 Å². The fraction of sp³-hybridized carbons (Fsp3) is 0.667. The molecule has 3 rings (SSSR count). The van der Waals surface area contributed by atoms with Crippen LogP contribution in [0.2, 0.25) is 0 Å². The van der Waals surface area contributed by atoms with Gasteiger partial charge in [0, 0.05) is 11.7 Å². The summed E-state index contributed by atoms with van der Waals surface area (Å²) in [6, 6.07) is 6.98. The van der Waals surface area contributed by atoms with Crippen molar-refractivity contribution in [3.8, 4) is 0 Å². The van der Waals surface area contributed by atoms with E-state index in [0.29, 0.717) is 6.04 Å². The van der Waals surface area contributed by atoms with Crippen LogP contribution in [0.4, 0.5) is 5.69 Å². The van der Waals surface area contributed by atoms with E-state index in [2.05, 4.69) is 24.4 Å². The summed E-state index contributed by atoms with van der Waals surface area (Å²) in [7, 11) is 0. The number of anilines is 1. The first-order chi connectivity index (χ1) is 9.72. The molecular formula is C18H28N2. The van der Waals surface area contributed by atoms with Crippen molar-refractivity contribution < 1.29 is 0 Å². The maximum Gasteiger partial charge on any atom is 0.0326 e. The van der Waals surface area contributed by atoms with E-state index in [4.69, 9.17) is 5.73 Å². The lowest BCUT2D eigenvalue weighted by molar-refractivity contribution is 0.265. The van der Waals surface area contributed by atoms with Gasteiger partial charge in [0.05, 0.1) is 0 Å². The molecule has 1 aromatic rings. The molecule has 3 atom stereocenters. The predicted octanol–water partition coefficient (Wildman–Crippen LogP) is 4.06. The summed E-state index contributed by atoms with van der Waals surface area (Å²) in [6.07, 6.45) is 9.55. The van der Waals surface area contributed by atoms with Gasteiger partial charge in [0.1, 0.15) is 0 Å². The maximum atomic E-state index is 5.87. The van der Waals surface area contributed by atoms with Crippen molar-refractivity contribution >= 4 is 5.69 Å². The van der Waals surface area contributed by atoms with E-state index in [0.717, 1.165) is 17.5 Å². The Labute approximate surface area is 123 Å². The first kappa shape index (κ1) is 13.9. The van der Waals surface area contributed by atoms with Gasteiger partial charge >= 0.3 is 0 Å². The summed E-state index contributed by atoms with van der Waals surface area (Å²) in [4.78, 5) is 0. The van der Waals surface area contributed by atoms with Crippen LogP contribution >= 0.6 is 0 Å². The third-order valence-electron chi connectivity index (χ3n) is 5.23. The lowest BCUT2D eigenvalue weighted by Crippen LogP contribution is -2.24. The Morgan fingerprint density at radius 3 is 3.00 bits per heavy atom. The van der Waals surface area contributed by atoms with Crippen molar-refractivity contribution in [3.63, 3.8) is 0 Å². The smallest absolute Gasteiger partial charge is 0.0326 e. The molecule has 0 aliphatic heterocycles. The fourth-order valence-corrected chi connectivity index (χ4v) is 4.13. The standard InChI is InChI=1S/C18H28N2/c1-13-3-2-4-14(11-13)9-10-20-18-8-5-15-12-16(19)6-7-17(15)18/h6-7,12-14,18,20H,2-5,8-11,19H2,1H3. The lowest BCUT2D eigenvalue weighted by atomic mass is 9.81. The zero-order valence-electron chi connectivity index (χ0n) is 12.7. The highest BCUT2D eigenvalue weighted by Crippen LogP contribution is 2.33. The number of aryl methyl sites for hydroxylation is 1. The van der Waals surface area contributed by atoms with Gasteiger partial charge in [0.15, 0.2) is 0 Å². The Bertz CT molecular complexity index is 455. The molecule has 2 aliphatic rings. The molecule has 2 aliphatic carbocycles. The minimum absolute atomic E-state index is 0.562. The molecule has 2 heteroatoms. The number of nitrogens with one attached hydrogen (secondary N) is 1. The van der Waals surface area contributed by atoms with Gasteiger partial charge in [-0.1, -0.05) is 32.3 Å². The molecule has 20 heavy (non-hydrogen) atoms. The summed E-state index contributed by atoms with van der Waals surface area (Å²) in [6.45, 7) is 3.59. The van der Waals surface area contributed by atoms with Gasteiger partial charge in [-0.25, -0.2) is 0 Å². The average molecular weight is 272 g/mol. The highest BCUT2D eigenvalue weighted by Gasteiger charge is 2.23. The minimum Gasteiger partial charge on any atom is -0.399 e. The predicted molar refractivity (Wildman–Crippen MR) is 85.7 cm³/mol. The Morgan fingerprint density at radius 2 is 2.15 bits per heavy atom. The molecule has 0 aromatic heterocycles. The van der Waals surface area contributed by atoms with E-state index in [1.165, 1.54) is 62.6 Å². The summed E-state index contributed by atoms with van der Waals surface area (Å²) < 4.78 is 0. The van der Waals surface area contributed by atoms with Crippen LogP contribution in [0.15, 0.2) is 18.2 Å². The van der Waals surface area contributed by atoms with Crippen LogP contribution in [0, 0.1) is 11.8 Å². The summed E-state index contributed by atoms with van der Waals surface area (Å²) in [5.41, 5.74) is 9.71. The molecule has 1 fully saturated rings. The Morgan fingerprint density at radius 1 is 1.25 bits per heavy atom. The van der Waals surface area contributed by atoms with Crippen molar-refractivity contribution in [2.75, 3.05) is 12.3 Å². The Kier molecular flexibility index (Phi) is 4.30. The van der Waals surface area contributed by atoms with Crippen LogP contribution in [-0.4, -0.2) is 6.54 Å². The highest BCUT2D eigenvalue weighted by atomic mass is 14.9. The van der Waals surface area contributed by atoms with E-state index < -0.39 is 0 Å². The van der Waals surface area contributed by atoms with E-state index >= 15 is 0 Å². The van der Waals surface area contributed by atoms with Crippen LogP contribution in [-0.2, 0) is 6.42 Å². The van der Waals surface area contributed by atoms with Gasteiger partial charge in [0.2, 0.25) is 0 Å². The molecule has 0 spiro atoms. The number of fused-ring (bicyclic) bond motifs is 1. The molecule has 1 aromatic carbocycles. The average Bonchev–Trinajstić information content (AvgIpc) is 2.81.